The highest BCUT2D eigenvalue weighted by Crippen LogP contribution is 2.28. The number of nitrogens with zero attached hydrogens (tertiary/aromatic N) is 1. The topological polar surface area (TPSA) is 15.3 Å². The summed E-state index contributed by atoms with van der Waals surface area (Å²) in [6.45, 7) is 11.5. The minimum absolute atomic E-state index is 0.697. The standard InChI is InChI=1S/C13H28N2/c1-5-12(6-2)14-10-11(4)15(7-3)13-8-9-13/h11-14H,5-10H2,1-4H3. The maximum absolute atomic E-state index is 3.67. The zero-order chi connectivity index (χ0) is 11.3. The minimum atomic E-state index is 0.697. The molecule has 1 fully saturated rings. The molecule has 0 aromatic heterocycles. The lowest BCUT2D eigenvalue weighted by Gasteiger charge is -2.29. The summed E-state index contributed by atoms with van der Waals surface area (Å²) < 4.78 is 0. The Balaban J connectivity index is 2.23. The molecular formula is C13H28N2. The van der Waals surface area contributed by atoms with Gasteiger partial charge < -0.3 is 5.32 Å². The van der Waals surface area contributed by atoms with Crippen LogP contribution >= 0.6 is 0 Å². The summed E-state index contributed by atoms with van der Waals surface area (Å²) >= 11 is 0. The first-order chi connectivity index (χ1) is 7.22. The number of rotatable bonds is 8. The summed E-state index contributed by atoms with van der Waals surface area (Å²) in [6.07, 6.45) is 5.34. The van der Waals surface area contributed by atoms with Crippen LogP contribution < -0.4 is 5.32 Å². The van der Waals surface area contributed by atoms with E-state index in [1.54, 1.807) is 0 Å². The maximum atomic E-state index is 3.67. The Morgan fingerprint density at radius 1 is 1.20 bits per heavy atom. The Morgan fingerprint density at radius 3 is 2.20 bits per heavy atom. The lowest BCUT2D eigenvalue weighted by atomic mass is 10.1. The van der Waals surface area contributed by atoms with E-state index in [1.807, 2.05) is 0 Å². The molecule has 0 amide bonds. The van der Waals surface area contributed by atoms with Crippen LogP contribution in [0.15, 0.2) is 0 Å². The number of hydrogen-bond donors (Lipinski definition) is 1. The predicted octanol–water partition coefficient (Wildman–Crippen LogP) is 2.64. The third-order valence-corrected chi connectivity index (χ3v) is 3.63. The third-order valence-electron chi connectivity index (χ3n) is 3.63. The molecule has 1 aliphatic carbocycles. The van der Waals surface area contributed by atoms with Crippen molar-refractivity contribution in [3.63, 3.8) is 0 Å². The van der Waals surface area contributed by atoms with Crippen molar-refractivity contribution >= 4 is 0 Å². The van der Waals surface area contributed by atoms with Crippen molar-refractivity contribution in [1.29, 1.82) is 0 Å². The largest absolute Gasteiger partial charge is 0.312 e. The molecule has 0 radical (unpaired) electrons. The van der Waals surface area contributed by atoms with Gasteiger partial charge in [-0.15, -0.1) is 0 Å². The number of likely N-dealkylation sites (N-methyl/N-ethyl adjacent to an activating group) is 1. The highest BCUT2D eigenvalue weighted by molar-refractivity contribution is 4.87. The van der Waals surface area contributed by atoms with Gasteiger partial charge in [-0.3, -0.25) is 4.90 Å². The lowest BCUT2D eigenvalue weighted by molar-refractivity contribution is 0.199. The molecule has 1 unspecified atom stereocenters. The van der Waals surface area contributed by atoms with Gasteiger partial charge >= 0.3 is 0 Å². The summed E-state index contributed by atoms with van der Waals surface area (Å²) in [6, 6.07) is 2.31. The van der Waals surface area contributed by atoms with E-state index in [2.05, 4.69) is 37.9 Å². The van der Waals surface area contributed by atoms with Crippen LogP contribution in [-0.2, 0) is 0 Å². The maximum Gasteiger partial charge on any atom is 0.0195 e. The van der Waals surface area contributed by atoms with Crippen LogP contribution in [0.3, 0.4) is 0 Å². The van der Waals surface area contributed by atoms with E-state index in [9.17, 15) is 0 Å². The normalized spacial score (nSPS) is 18.8. The van der Waals surface area contributed by atoms with E-state index < -0.39 is 0 Å². The summed E-state index contributed by atoms with van der Waals surface area (Å²) in [5.74, 6) is 0. The molecule has 0 aromatic carbocycles. The van der Waals surface area contributed by atoms with E-state index in [-0.39, 0.29) is 0 Å². The summed E-state index contributed by atoms with van der Waals surface area (Å²) in [7, 11) is 0. The molecule has 0 bridgehead atoms. The average Bonchev–Trinajstić information content (AvgIpc) is 3.05. The molecule has 1 aliphatic rings. The first-order valence-corrected chi connectivity index (χ1v) is 6.71. The van der Waals surface area contributed by atoms with E-state index in [1.165, 1.54) is 32.2 Å². The number of hydrogen-bond acceptors (Lipinski definition) is 2. The molecule has 1 rings (SSSR count). The zero-order valence-electron chi connectivity index (χ0n) is 10.9. The molecule has 0 heterocycles. The third kappa shape index (κ3) is 4.12. The van der Waals surface area contributed by atoms with Crippen molar-refractivity contribution < 1.29 is 0 Å². The fourth-order valence-electron chi connectivity index (χ4n) is 2.37. The fourth-order valence-corrected chi connectivity index (χ4v) is 2.37. The quantitative estimate of drug-likeness (QED) is 0.665. The van der Waals surface area contributed by atoms with Crippen LogP contribution in [-0.4, -0.2) is 36.1 Å². The zero-order valence-corrected chi connectivity index (χ0v) is 10.9. The van der Waals surface area contributed by atoms with Crippen molar-refractivity contribution in [2.75, 3.05) is 13.1 Å². The van der Waals surface area contributed by atoms with Crippen LogP contribution in [0, 0.1) is 0 Å². The second-order valence-corrected chi connectivity index (χ2v) is 4.83. The van der Waals surface area contributed by atoms with Crippen molar-refractivity contribution in [3.8, 4) is 0 Å². The lowest BCUT2D eigenvalue weighted by Crippen LogP contribution is -2.44. The molecule has 1 N–H and O–H groups in total. The van der Waals surface area contributed by atoms with Crippen molar-refractivity contribution in [2.45, 2.75) is 71.5 Å². The monoisotopic (exact) mass is 212 g/mol. The van der Waals surface area contributed by atoms with Crippen molar-refractivity contribution in [2.24, 2.45) is 0 Å². The summed E-state index contributed by atoms with van der Waals surface area (Å²) in [5.41, 5.74) is 0. The van der Waals surface area contributed by atoms with Gasteiger partial charge in [0.15, 0.2) is 0 Å². The first-order valence-electron chi connectivity index (χ1n) is 6.71. The Hall–Kier alpha value is -0.0800. The molecule has 0 aliphatic heterocycles. The summed E-state index contributed by atoms with van der Waals surface area (Å²) in [5, 5.41) is 3.67. The van der Waals surface area contributed by atoms with E-state index >= 15 is 0 Å². The van der Waals surface area contributed by atoms with Crippen LogP contribution in [0.2, 0.25) is 0 Å². The Bertz CT molecular complexity index is 162. The second kappa shape index (κ2) is 6.49. The molecule has 0 aromatic rings. The molecular weight excluding hydrogens is 184 g/mol. The van der Waals surface area contributed by atoms with E-state index in [0.29, 0.717) is 12.1 Å². The highest BCUT2D eigenvalue weighted by Gasteiger charge is 2.30. The van der Waals surface area contributed by atoms with E-state index in [4.69, 9.17) is 0 Å². The molecule has 2 nitrogen and oxygen atoms in total. The molecule has 90 valence electrons. The smallest absolute Gasteiger partial charge is 0.0195 e. The Labute approximate surface area is 95.4 Å². The number of nitrogens with one attached hydrogen (secondary N) is 1. The van der Waals surface area contributed by atoms with Gasteiger partial charge in [0.1, 0.15) is 0 Å². The molecule has 15 heavy (non-hydrogen) atoms. The Kier molecular flexibility index (Phi) is 5.62. The van der Waals surface area contributed by atoms with Gasteiger partial charge in [0.2, 0.25) is 0 Å². The molecule has 0 saturated heterocycles. The molecule has 1 atom stereocenters. The van der Waals surface area contributed by atoms with Gasteiger partial charge in [-0.2, -0.15) is 0 Å². The fraction of sp³-hybridized carbons (Fsp3) is 1.00. The minimum Gasteiger partial charge on any atom is -0.312 e. The van der Waals surface area contributed by atoms with Crippen LogP contribution in [0.25, 0.3) is 0 Å². The second-order valence-electron chi connectivity index (χ2n) is 4.83. The summed E-state index contributed by atoms with van der Waals surface area (Å²) in [4.78, 5) is 2.65. The molecule has 1 saturated carbocycles. The van der Waals surface area contributed by atoms with Gasteiger partial charge in [0, 0.05) is 24.7 Å². The van der Waals surface area contributed by atoms with Gasteiger partial charge in [-0.25, -0.2) is 0 Å². The van der Waals surface area contributed by atoms with Crippen LogP contribution in [0.4, 0.5) is 0 Å². The SMILES string of the molecule is CCC(CC)NCC(C)N(CC)C1CC1. The van der Waals surface area contributed by atoms with Gasteiger partial charge in [-0.1, -0.05) is 20.8 Å². The van der Waals surface area contributed by atoms with Crippen LogP contribution in [0.1, 0.15) is 53.4 Å². The van der Waals surface area contributed by atoms with Crippen LogP contribution in [0.5, 0.6) is 0 Å². The highest BCUT2D eigenvalue weighted by atomic mass is 15.2. The first kappa shape index (κ1) is 13.0. The molecule has 2 heteroatoms. The van der Waals surface area contributed by atoms with E-state index in [0.717, 1.165) is 12.6 Å². The molecule has 0 spiro atoms. The average molecular weight is 212 g/mol. The van der Waals surface area contributed by atoms with Gasteiger partial charge in [0.05, 0.1) is 0 Å². The van der Waals surface area contributed by atoms with Crippen molar-refractivity contribution in [3.05, 3.63) is 0 Å². The predicted molar refractivity (Wildman–Crippen MR) is 67.2 cm³/mol. The van der Waals surface area contributed by atoms with Crippen molar-refractivity contribution in [1.82, 2.24) is 10.2 Å². The van der Waals surface area contributed by atoms with Gasteiger partial charge in [-0.05, 0) is 39.2 Å². The Morgan fingerprint density at radius 2 is 1.80 bits per heavy atom. The van der Waals surface area contributed by atoms with Gasteiger partial charge in [0.25, 0.3) is 0 Å².